The van der Waals surface area contributed by atoms with Crippen molar-refractivity contribution in [2.24, 2.45) is 0 Å². The third-order valence-electron chi connectivity index (χ3n) is 5.83. The smallest absolute Gasteiger partial charge is 0.337 e. The number of rotatable bonds is 6. The van der Waals surface area contributed by atoms with E-state index in [1.165, 1.54) is 7.11 Å². The Morgan fingerprint density at radius 2 is 1.64 bits per heavy atom. The SMILES string of the molecule is COC(=O)c1ccc([C@H]2C(c3ccc(C)cc3)=C(O)C(=O)N2Cc2ccc(SC)cc2)cc1. The molecular weight excluding hydrogens is 434 g/mol. The van der Waals surface area contributed by atoms with Gasteiger partial charge < -0.3 is 14.7 Å². The number of aliphatic hydroxyl groups excluding tert-OH is 1. The third-order valence-corrected chi connectivity index (χ3v) is 6.57. The summed E-state index contributed by atoms with van der Waals surface area (Å²) in [6.07, 6.45) is 2.02. The van der Waals surface area contributed by atoms with Gasteiger partial charge in [0.1, 0.15) is 0 Å². The van der Waals surface area contributed by atoms with Crippen molar-refractivity contribution in [3.63, 3.8) is 0 Å². The van der Waals surface area contributed by atoms with Crippen LogP contribution < -0.4 is 0 Å². The number of ether oxygens (including phenoxy) is 1. The van der Waals surface area contributed by atoms with E-state index in [4.69, 9.17) is 4.74 Å². The Labute approximate surface area is 197 Å². The Hall–Kier alpha value is -3.51. The molecule has 1 N–H and O–H groups in total. The highest BCUT2D eigenvalue weighted by Crippen LogP contribution is 2.43. The number of hydrogen-bond donors (Lipinski definition) is 1. The molecule has 1 atom stereocenters. The van der Waals surface area contributed by atoms with E-state index < -0.39 is 17.9 Å². The molecule has 0 aromatic heterocycles. The van der Waals surface area contributed by atoms with Gasteiger partial charge in [0.05, 0.1) is 18.7 Å². The van der Waals surface area contributed by atoms with E-state index in [2.05, 4.69) is 0 Å². The van der Waals surface area contributed by atoms with Gasteiger partial charge in [0, 0.05) is 17.0 Å². The average Bonchev–Trinajstić information content (AvgIpc) is 3.09. The molecule has 0 unspecified atom stereocenters. The molecule has 0 aliphatic carbocycles. The maximum Gasteiger partial charge on any atom is 0.337 e. The number of methoxy groups -OCH3 is 1. The van der Waals surface area contributed by atoms with Gasteiger partial charge in [-0.25, -0.2) is 4.79 Å². The Balaban J connectivity index is 1.77. The fraction of sp³-hybridized carbons (Fsp3) is 0.185. The van der Waals surface area contributed by atoms with Gasteiger partial charge >= 0.3 is 5.97 Å². The summed E-state index contributed by atoms with van der Waals surface area (Å²) in [5, 5.41) is 10.9. The molecule has 5 nitrogen and oxygen atoms in total. The molecule has 0 saturated heterocycles. The molecule has 168 valence electrons. The maximum atomic E-state index is 13.2. The van der Waals surface area contributed by atoms with Crippen molar-refractivity contribution < 1.29 is 19.4 Å². The van der Waals surface area contributed by atoms with Crippen LogP contribution in [0.4, 0.5) is 0 Å². The predicted octanol–water partition coefficient (Wildman–Crippen LogP) is 5.56. The molecule has 33 heavy (non-hydrogen) atoms. The zero-order chi connectivity index (χ0) is 23.5. The molecular formula is C27H25NO4S. The molecule has 0 spiro atoms. The molecule has 0 bridgehead atoms. The monoisotopic (exact) mass is 459 g/mol. The summed E-state index contributed by atoms with van der Waals surface area (Å²) in [6.45, 7) is 2.34. The summed E-state index contributed by atoms with van der Waals surface area (Å²) in [5.74, 6) is -1.09. The summed E-state index contributed by atoms with van der Waals surface area (Å²) >= 11 is 1.66. The van der Waals surface area contributed by atoms with Crippen molar-refractivity contribution >= 4 is 29.2 Å². The Bertz CT molecular complexity index is 1200. The number of carbonyl (C=O) groups excluding carboxylic acids is 2. The minimum atomic E-state index is -0.493. The Morgan fingerprint density at radius 1 is 1.00 bits per heavy atom. The van der Waals surface area contributed by atoms with Gasteiger partial charge in [0.2, 0.25) is 0 Å². The zero-order valence-corrected chi connectivity index (χ0v) is 19.6. The molecule has 1 aliphatic rings. The van der Waals surface area contributed by atoms with E-state index in [-0.39, 0.29) is 5.76 Å². The van der Waals surface area contributed by atoms with Crippen LogP contribution in [0.25, 0.3) is 5.57 Å². The standard InChI is InChI=1S/C27H25NO4S/c1-17-4-8-19(9-5-17)23-24(20-10-12-21(13-11-20)27(31)32-2)28(26(30)25(23)29)16-18-6-14-22(33-3)15-7-18/h4-15,24,29H,16H2,1-3H3/t24-/m0/s1. The van der Waals surface area contributed by atoms with Crippen LogP contribution in [0, 0.1) is 6.92 Å². The van der Waals surface area contributed by atoms with Gasteiger partial charge in [0.15, 0.2) is 5.76 Å². The highest BCUT2D eigenvalue weighted by Gasteiger charge is 2.41. The molecule has 3 aromatic carbocycles. The summed E-state index contributed by atoms with van der Waals surface area (Å²) in [7, 11) is 1.34. The molecule has 1 aliphatic heterocycles. The number of aliphatic hydroxyl groups is 1. The van der Waals surface area contributed by atoms with Gasteiger partial charge in [-0.3, -0.25) is 4.79 Å². The number of hydrogen-bond acceptors (Lipinski definition) is 5. The minimum Gasteiger partial charge on any atom is -0.503 e. The lowest BCUT2D eigenvalue weighted by molar-refractivity contribution is -0.130. The molecule has 6 heteroatoms. The second-order valence-electron chi connectivity index (χ2n) is 7.93. The van der Waals surface area contributed by atoms with E-state index in [1.807, 2.05) is 61.7 Å². The van der Waals surface area contributed by atoms with Crippen molar-refractivity contribution in [1.29, 1.82) is 0 Å². The van der Waals surface area contributed by atoms with Crippen LogP contribution >= 0.6 is 11.8 Å². The minimum absolute atomic E-state index is 0.248. The molecule has 0 fully saturated rings. The summed E-state index contributed by atoms with van der Waals surface area (Å²) in [5.41, 5.74) is 4.63. The molecule has 0 saturated carbocycles. The van der Waals surface area contributed by atoms with Crippen LogP contribution in [-0.4, -0.2) is 35.2 Å². The first-order valence-corrected chi connectivity index (χ1v) is 11.8. The largest absolute Gasteiger partial charge is 0.503 e. The van der Waals surface area contributed by atoms with E-state index in [1.54, 1.807) is 40.9 Å². The number of nitrogens with zero attached hydrogens (tertiary/aromatic N) is 1. The fourth-order valence-electron chi connectivity index (χ4n) is 4.04. The van der Waals surface area contributed by atoms with E-state index in [0.29, 0.717) is 17.7 Å². The van der Waals surface area contributed by atoms with Crippen molar-refractivity contribution in [2.45, 2.75) is 24.4 Å². The van der Waals surface area contributed by atoms with Crippen LogP contribution in [0.1, 0.15) is 38.7 Å². The number of amides is 1. The maximum absolute atomic E-state index is 13.2. The summed E-state index contributed by atoms with van der Waals surface area (Å²) in [6, 6.07) is 22.3. The third kappa shape index (κ3) is 4.52. The molecule has 0 radical (unpaired) electrons. The van der Waals surface area contributed by atoms with E-state index >= 15 is 0 Å². The molecule has 1 heterocycles. The van der Waals surface area contributed by atoms with E-state index in [9.17, 15) is 14.7 Å². The molecule has 4 rings (SSSR count). The van der Waals surface area contributed by atoms with Gasteiger partial charge in [-0.15, -0.1) is 11.8 Å². The van der Waals surface area contributed by atoms with Crippen LogP contribution in [0.3, 0.4) is 0 Å². The van der Waals surface area contributed by atoms with Crippen molar-refractivity contribution in [2.75, 3.05) is 13.4 Å². The van der Waals surface area contributed by atoms with Gasteiger partial charge in [-0.05, 0) is 54.1 Å². The number of carbonyl (C=O) groups is 2. The second-order valence-corrected chi connectivity index (χ2v) is 8.81. The first kappa shape index (κ1) is 22.7. The highest BCUT2D eigenvalue weighted by molar-refractivity contribution is 7.98. The lowest BCUT2D eigenvalue weighted by Crippen LogP contribution is -2.29. The van der Waals surface area contributed by atoms with Crippen LogP contribution in [0.5, 0.6) is 0 Å². The zero-order valence-electron chi connectivity index (χ0n) is 18.7. The average molecular weight is 460 g/mol. The van der Waals surface area contributed by atoms with Gasteiger partial charge in [0.25, 0.3) is 5.91 Å². The summed E-state index contributed by atoms with van der Waals surface area (Å²) in [4.78, 5) is 27.9. The van der Waals surface area contributed by atoms with Crippen molar-refractivity contribution in [1.82, 2.24) is 4.90 Å². The van der Waals surface area contributed by atoms with Crippen LogP contribution in [-0.2, 0) is 16.1 Å². The molecule has 1 amide bonds. The Morgan fingerprint density at radius 3 is 2.21 bits per heavy atom. The lowest BCUT2D eigenvalue weighted by Gasteiger charge is -2.28. The van der Waals surface area contributed by atoms with E-state index in [0.717, 1.165) is 27.1 Å². The Kier molecular flexibility index (Phi) is 6.56. The fourth-order valence-corrected chi connectivity index (χ4v) is 4.45. The second kappa shape index (κ2) is 9.55. The van der Waals surface area contributed by atoms with Crippen molar-refractivity contribution in [3.05, 3.63) is 106 Å². The topological polar surface area (TPSA) is 66.8 Å². The first-order chi connectivity index (χ1) is 15.9. The predicted molar refractivity (Wildman–Crippen MR) is 130 cm³/mol. The van der Waals surface area contributed by atoms with Gasteiger partial charge in [-0.2, -0.15) is 0 Å². The van der Waals surface area contributed by atoms with Crippen LogP contribution in [0.15, 0.2) is 83.5 Å². The van der Waals surface area contributed by atoms with Crippen molar-refractivity contribution in [3.8, 4) is 0 Å². The first-order valence-electron chi connectivity index (χ1n) is 10.5. The number of aryl methyl sites for hydroxylation is 1. The number of benzene rings is 3. The lowest BCUT2D eigenvalue weighted by atomic mass is 9.92. The summed E-state index contributed by atoms with van der Waals surface area (Å²) < 4.78 is 4.80. The number of esters is 1. The number of thioether (sulfide) groups is 1. The molecule has 3 aromatic rings. The van der Waals surface area contributed by atoms with Crippen LogP contribution in [0.2, 0.25) is 0 Å². The highest BCUT2D eigenvalue weighted by atomic mass is 32.2. The quantitative estimate of drug-likeness (QED) is 0.386. The van der Waals surface area contributed by atoms with Gasteiger partial charge in [-0.1, -0.05) is 54.1 Å². The normalized spacial score (nSPS) is 15.8.